The lowest BCUT2D eigenvalue weighted by Gasteiger charge is -2.25. The maximum Gasteiger partial charge on any atom is 0.269 e. The minimum atomic E-state index is -0.441. The molecule has 0 saturated carbocycles. The molecule has 0 bridgehead atoms. The van der Waals surface area contributed by atoms with Crippen LogP contribution < -0.4 is 10.2 Å². The number of hydrogen-bond acceptors (Lipinski definition) is 7. The van der Waals surface area contributed by atoms with Crippen LogP contribution in [0.25, 0.3) is 0 Å². The average Bonchev–Trinajstić information content (AvgIpc) is 2.74. The van der Waals surface area contributed by atoms with E-state index in [-0.39, 0.29) is 24.7 Å². The zero-order valence-corrected chi connectivity index (χ0v) is 15.8. The van der Waals surface area contributed by atoms with Gasteiger partial charge in [-0.15, -0.1) is 0 Å². The molecule has 1 fully saturated rings. The van der Waals surface area contributed by atoms with Crippen LogP contribution in [0.4, 0.5) is 5.69 Å². The molecule has 0 aliphatic carbocycles. The molecular formula is C20H22N4O5. The topological polar surface area (TPSA) is 106 Å². The molecule has 9 nitrogen and oxygen atoms in total. The van der Waals surface area contributed by atoms with Crippen LogP contribution in [0.2, 0.25) is 0 Å². The van der Waals surface area contributed by atoms with Crippen LogP contribution in [0.5, 0.6) is 5.75 Å². The number of rotatable bonds is 8. The van der Waals surface area contributed by atoms with E-state index in [2.05, 4.69) is 10.5 Å². The first-order chi connectivity index (χ1) is 14.1. The van der Waals surface area contributed by atoms with Crippen LogP contribution >= 0.6 is 0 Å². The molecule has 1 amide bonds. The van der Waals surface area contributed by atoms with E-state index in [9.17, 15) is 14.9 Å². The largest absolute Gasteiger partial charge is 0.488 e. The van der Waals surface area contributed by atoms with E-state index in [1.54, 1.807) is 18.2 Å². The fraction of sp³-hybridized carbons (Fsp3) is 0.300. The van der Waals surface area contributed by atoms with Gasteiger partial charge in [-0.05, 0) is 29.8 Å². The van der Waals surface area contributed by atoms with Gasteiger partial charge >= 0.3 is 0 Å². The lowest BCUT2D eigenvalue weighted by molar-refractivity contribution is -0.384. The van der Waals surface area contributed by atoms with Gasteiger partial charge in [-0.2, -0.15) is 5.10 Å². The number of non-ortho nitro benzene ring substituents is 1. The molecule has 9 heteroatoms. The Morgan fingerprint density at radius 3 is 2.66 bits per heavy atom. The smallest absolute Gasteiger partial charge is 0.269 e. The average molecular weight is 398 g/mol. The first-order valence-corrected chi connectivity index (χ1v) is 9.19. The van der Waals surface area contributed by atoms with Gasteiger partial charge in [-0.25, -0.2) is 5.43 Å². The first-order valence-electron chi connectivity index (χ1n) is 9.19. The molecule has 152 valence electrons. The molecule has 0 radical (unpaired) electrons. The molecule has 2 aromatic carbocycles. The van der Waals surface area contributed by atoms with Crippen molar-refractivity contribution in [2.24, 2.45) is 5.10 Å². The van der Waals surface area contributed by atoms with Crippen LogP contribution in [-0.2, 0) is 16.1 Å². The van der Waals surface area contributed by atoms with Gasteiger partial charge in [0.25, 0.3) is 11.6 Å². The van der Waals surface area contributed by atoms with Gasteiger partial charge in [0.05, 0.1) is 30.9 Å². The Labute approximate surface area is 168 Å². The van der Waals surface area contributed by atoms with E-state index in [0.29, 0.717) is 24.5 Å². The number of amides is 1. The fourth-order valence-corrected chi connectivity index (χ4v) is 2.77. The third kappa shape index (κ3) is 6.37. The molecule has 0 spiro atoms. The van der Waals surface area contributed by atoms with Crippen LogP contribution in [-0.4, -0.2) is 54.8 Å². The summed E-state index contributed by atoms with van der Waals surface area (Å²) in [5, 5.41) is 14.7. The van der Waals surface area contributed by atoms with Gasteiger partial charge in [-0.3, -0.25) is 19.8 Å². The molecule has 1 heterocycles. The van der Waals surface area contributed by atoms with Crippen LogP contribution in [0.3, 0.4) is 0 Å². The number of hydrogen-bond donors (Lipinski definition) is 1. The summed E-state index contributed by atoms with van der Waals surface area (Å²) >= 11 is 0. The van der Waals surface area contributed by atoms with Gasteiger partial charge in [0.1, 0.15) is 12.4 Å². The summed E-state index contributed by atoms with van der Waals surface area (Å²) in [5.41, 5.74) is 4.08. The fourth-order valence-electron chi connectivity index (χ4n) is 2.77. The molecule has 29 heavy (non-hydrogen) atoms. The van der Waals surface area contributed by atoms with Gasteiger partial charge in [0.2, 0.25) is 0 Å². The molecule has 1 aliphatic rings. The number of ether oxygens (including phenoxy) is 2. The summed E-state index contributed by atoms with van der Waals surface area (Å²) in [6.07, 6.45) is 1.53. The Kier molecular flexibility index (Phi) is 7.26. The Bertz CT molecular complexity index is 863. The predicted octanol–water partition coefficient (Wildman–Crippen LogP) is 1.96. The van der Waals surface area contributed by atoms with Crippen molar-refractivity contribution in [2.75, 3.05) is 32.8 Å². The van der Waals surface area contributed by atoms with E-state index >= 15 is 0 Å². The SMILES string of the molecule is O=C(CN1CCOCC1)N/N=C\c1ccccc1OCc1ccc([N+](=O)[O-])cc1. The molecule has 2 aromatic rings. The van der Waals surface area contributed by atoms with Crippen molar-refractivity contribution in [1.29, 1.82) is 0 Å². The third-order valence-corrected chi connectivity index (χ3v) is 4.32. The predicted molar refractivity (Wildman–Crippen MR) is 107 cm³/mol. The number of para-hydroxylation sites is 1. The number of benzene rings is 2. The zero-order chi connectivity index (χ0) is 20.5. The highest BCUT2D eigenvalue weighted by molar-refractivity contribution is 5.85. The van der Waals surface area contributed by atoms with Crippen molar-refractivity contribution in [3.63, 3.8) is 0 Å². The second-order valence-corrected chi connectivity index (χ2v) is 6.43. The van der Waals surface area contributed by atoms with Crippen LogP contribution in [0, 0.1) is 10.1 Å². The van der Waals surface area contributed by atoms with E-state index in [1.807, 2.05) is 23.1 Å². The summed E-state index contributed by atoms with van der Waals surface area (Å²) in [5.74, 6) is 0.407. The third-order valence-electron chi connectivity index (χ3n) is 4.32. The molecule has 0 unspecified atom stereocenters. The molecule has 1 N–H and O–H groups in total. The van der Waals surface area contributed by atoms with Crippen molar-refractivity contribution in [1.82, 2.24) is 10.3 Å². The maximum atomic E-state index is 12.0. The Hall–Kier alpha value is -3.30. The van der Waals surface area contributed by atoms with Gasteiger partial charge in [0.15, 0.2) is 0 Å². The van der Waals surface area contributed by atoms with Gasteiger partial charge < -0.3 is 9.47 Å². The molecule has 1 saturated heterocycles. The van der Waals surface area contributed by atoms with Crippen molar-refractivity contribution in [2.45, 2.75) is 6.61 Å². The summed E-state index contributed by atoms with van der Waals surface area (Å²) < 4.78 is 11.1. The number of nitro groups is 1. The van der Waals surface area contributed by atoms with E-state index in [0.717, 1.165) is 18.7 Å². The normalized spacial score (nSPS) is 14.6. The molecule has 3 rings (SSSR count). The molecular weight excluding hydrogens is 376 g/mol. The van der Waals surface area contributed by atoms with Crippen LogP contribution in [0.1, 0.15) is 11.1 Å². The van der Waals surface area contributed by atoms with E-state index < -0.39 is 4.92 Å². The highest BCUT2D eigenvalue weighted by atomic mass is 16.6. The number of hydrazone groups is 1. The lowest BCUT2D eigenvalue weighted by atomic mass is 10.2. The number of morpholine rings is 1. The zero-order valence-electron chi connectivity index (χ0n) is 15.8. The van der Waals surface area contributed by atoms with E-state index in [4.69, 9.17) is 9.47 Å². The van der Waals surface area contributed by atoms with Crippen molar-refractivity contribution in [3.05, 3.63) is 69.8 Å². The number of carbonyl (C=O) groups excluding carboxylic acids is 1. The van der Waals surface area contributed by atoms with Gasteiger partial charge in [0, 0.05) is 30.8 Å². The highest BCUT2D eigenvalue weighted by Gasteiger charge is 2.13. The Morgan fingerprint density at radius 1 is 1.21 bits per heavy atom. The number of nitrogens with one attached hydrogen (secondary N) is 1. The first kappa shape index (κ1) is 20.4. The molecule has 1 aliphatic heterocycles. The molecule has 0 aromatic heterocycles. The summed E-state index contributed by atoms with van der Waals surface area (Å²) in [4.78, 5) is 24.3. The van der Waals surface area contributed by atoms with Crippen LogP contribution in [0.15, 0.2) is 53.6 Å². The Morgan fingerprint density at radius 2 is 1.93 bits per heavy atom. The summed E-state index contributed by atoms with van der Waals surface area (Å²) in [6, 6.07) is 13.5. The lowest BCUT2D eigenvalue weighted by Crippen LogP contribution is -2.42. The number of nitrogens with zero attached hydrogens (tertiary/aromatic N) is 3. The molecule has 0 atom stereocenters. The summed E-state index contributed by atoms with van der Waals surface area (Å²) in [6.45, 7) is 3.27. The van der Waals surface area contributed by atoms with Crippen molar-refractivity contribution in [3.8, 4) is 5.75 Å². The number of carbonyl (C=O) groups is 1. The highest BCUT2D eigenvalue weighted by Crippen LogP contribution is 2.19. The Balaban J connectivity index is 1.53. The number of nitro benzene ring substituents is 1. The van der Waals surface area contributed by atoms with Gasteiger partial charge in [-0.1, -0.05) is 12.1 Å². The standard InChI is InChI=1S/C20H22N4O5/c25-20(14-23-9-11-28-12-10-23)22-21-13-17-3-1-2-4-19(17)29-15-16-5-7-18(8-6-16)24(26)27/h1-8,13H,9-12,14-15H2,(H,22,25)/b21-13-. The van der Waals surface area contributed by atoms with Crippen molar-refractivity contribution < 1.29 is 19.2 Å². The minimum absolute atomic E-state index is 0.0362. The quantitative estimate of drug-likeness (QED) is 0.414. The second-order valence-electron chi connectivity index (χ2n) is 6.43. The maximum absolute atomic E-state index is 12.0. The second kappa shape index (κ2) is 10.3. The van der Waals surface area contributed by atoms with E-state index in [1.165, 1.54) is 18.3 Å². The monoisotopic (exact) mass is 398 g/mol. The van der Waals surface area contributed by atoms with Crippen molar-refractivity contribution >= 4 is 17.8 Å². The minimum Gasteiger partial charge on any atom is -0.488 e. The summed E-state index contributed by atoms with van der Waals surface area (Å²) in [7, 11) is 0.